The molecule has 1 heterocycles. The molecule has 1 amide bonds. The highest BCUT2D eigenvalue weighted by atomic mass is 16.2. The van der Waals surface area contributed by atoms with Crippen LogP contribution >= 0.6 is 0 Å². The van der Waals surface area contributed by atoms with Gasteiger partial charge in [-0.1, -0.05) is 27.7 Å². The van der Waals surface area contributed by atoms with Crippen LogP contribution in [-0.2, 0) is 4.79 Å². The third kappa shape index (κ3) is 5.49. The van der Waals surface area contributed by atoms with Gasteiger partial charge in [-0.25, -0.2) is 0 Å². The van der Waals surface area contributed by atoms with Crippen LogP contribution in [0.3, 0.4) is 0 Å². The number of nitrogens with zero attached hydrogens (tertiary/aromatic N) is 2. The maximum Gasteiger partial charge on any atom is 0.225 e. The Bertz CT molecular complexity index is 333. The van der Waals surface area contributed by atoms with Gasteiger partial charge in [-0.2, -0.15) is 0 Å². The van der Waals surface area contributed by atoms with Crippen molar-refractivity contribution in [1.82, 2.24) is 10.2 Å². The first-order valence-electron chi connectivity index (χ1n) is 7.14. The second kappa shape index (κ2) is 6.78. The number of carbonyl (C=O) groups excluding carboxylic acids is 1. The van der Waals surface area contributed by atoms with Gasteiger partial charge in [-0.05, 0) is 18.8 Å². The number of piperidine rings is 1. The van der Waals surface area contributed by atoms with Gasteiger partial charge >= 0.3 is 0 Å². The van der Waals surface area contributed by atoms with Crippen LogP contribution in [0.4, 0.5) is 0 Å². The summed E-state index contributed by atoms with van der Waals surface area (Å²) in [5.74, 6) is 1.34. The first kappa shape index (κ1) is 15.8. The molecule has 5 nitrogen and oxygen atoms in total. The van der Waals surface area contributed by atoms with E-state index in [1.165, 1.54) is 12.8 Å². The first-order chi connectivity index (χ1) is 8.80. The Balaban J connectivity index is 2.30. The van der Waals surface area contributed by atoms with E-state index in [1.54, 1.807) is 0 Å². The second-order valence-electron chi connectivity index (χ2n) is 6.44. The van der Waals surface area contributed by atoms with Crippen LogP contribution in [0, 0.1) is 11.3 Å². The monoisotopic (exact) mass is 268 g/mol. The molecular weight excluding hydrogens is 240 g/mol. The molecular formula is C14H28N4O. The van der Waals surface area contributed by atoms with Crippen LogP contribution in [0.15, 0.2) is 4.99 Å². The minimum Gasteiger partial charge on any atom is -0.370 e. The molecule has 0 bridgehead atoms. The van der Waals surface area contributed by atoms with E-state index in [-0.39, 0.29) is 11.3 Å². The van der Waals surface area contributed by atoms with E-state index in [9.17, 15) is 4.79 Å². The quantitative estimate of drug-likeness (QED) is 0.459. The second-order valence-corrected chi connectivity index (χ2v) is 6.44. The summed E-state index contributed by atoms with van der Waals surface area (Å²) in [5.41, 5.74) is 5.63. The van der Waals surface area contributed by atoms with Gasteiger partial charge in [-0.15, -0.1) is 0 Å². The zero-order valence-electron chi connectivity index (χ0n) is 12.7. The van der Waals surface area contributed by atoms with E-state index < -0.39 is 0 Å². The molecule has 0 saturated carbocycles. The molecule has 110 valence electrons. The number of amides is 1. The van der Waals surface area contributed by atoms with Gasteiger partial charge in [0.1, 0.15) is 0 Å². The largest absolute Gasteiger partial charge is 0.370 e. The molecule has 1 rings (SSSR count). The molecule has 0 aromatic rings. The van der Waals surface area contributed by atoms with Crippen LogP contribution in [0.25, 0.3) is 0 Å². The zero-order valence-corrected chi connectivity index (χ0v) is 12.7. The summed E-state index contributed by atoms with van der Waals surface area (Å²) in [4.78, 5) is 18.1. The lowest BCUT2D eigenvalue weighted by atomic mass is 9.96. The molecule has 5 heteroatoms. The number of guanidine groups is 1. The minimum absolute atomic E-state index is 0.0490. The van der Waals surface area contributed by atoms with Crippen molar-refractivity contribution in [3.05, 3.63) is 0 Å². The van der Waals surface area contributed by atoms with Gasteiger partial charge < -0.3 is 16.0 Å². The average molecular weight is 268 g/mol. The van der Waals surface area contributed by atoms with Gasteiger partial charge in [0.05, 0.1) is 6.54 Å². The number of likely N-dealkylation sites (tertiary alicyclic amines) is 1. The number of rotatable bonds is 3. The predicted molar refractivity (Wildman–Crippen MR) is 78.9 cm³/mol. The smallest absolute Gasteiger partial charge is 0.225 e. The standard InChI is InChI=1S/C14H28N4O/c1-11-6-5-9-18(10-11)13(15)17-8-7-16-12(19)14(2,3)4/h11H,5-10H2,1-4H3,(H2,15,17)(H,16,19). The summed E-state index contributed by atoms with van der Waals surface area (Å²) in [7, 11) is 0. The highest BCUT2D eigenvalue weighted by Gasteiger charge is 2.20. The highest BCUT2D eigenvalue weighted by Crippen LogP contribution is 2.14. The van der Waals surface area contributed by atoms with Crippen LogP contribution < -0.4 is 11.1 Å². The van der Waals surface area contributed by atoms with E-state index in [1.807, 2.05) is 20.8 Å². The summed E-state index contributed by atoms with van der Waals surface area (Å²) in [5, 5.41) is 2.87. The zero-order chi connectivity index (χ0) is 14.5. The molecule has 0 aliphatic carbocycles. The van der Waals surface area contributed by atoms with Crippen molar-refractivity contribution in [2.75, 3.05) is 26.2 Å². The van der Waals surface area contributed by atoms with E-state index in [4.69, 9.17) is 5.73 Å². The van der Waals surface area contributed by atoms with Crippen LogP contribution in [0.2, 0.25) is 0 Å². The van der Waals surface area contributed by atoms with Crippen molar-refractivity contribution in [3.8, 4) is 0 Å². The molecule has 1 aliphatic heterocycles. The molecule has 0 radical (unpaired) electrons. The van der Waals surface area contributed by atoms with E-state index in [0.29, 0.717) is 25.0 Å². The van der Waals surface area contributed by atoms with Gasteiger partial charge in [0.2, 0.25) is 5.91 Å². The molecule has 1 aliphatic rings. The number of carbonyl (C=O) groups is 1. The third-order valence-electron chi connectivity index (χ3n) is 3.33. The first-order valence-corrected chi connectivity index (χ1v) is 7.14. The van der Waals surface area contributed by atoms with Crippen molar-refractivity contribution >= 4 is 11.9 Å². The van der Waals surface area contributed by atoms with Gasteiger partial charge in [0.25, 0.3) is 0 Å². The van der Waals surface area contributed by atoms with Crippen molar-refractivity contribution in [1.29, 1.82) is 0 Å². The molecule has 19 heavy (non-hydrogen) atoms. The molecule has 1 fully saturated rings. The summed E-state index contributed by atoms with van der Waals surface area (Å²) < 4.78 is 0. The Kier molecular flexibility index (Phi) is 5.63. The number of hydrogen-bond acceptors (Lipinski definition) is 2. The fourth-order valence-corrected chi connectivity index (χ4v) is 2.10. The average Bonchev–Trinajstić information content (AvgIpc) is 2.32. The van der Waals surface area contributed by atoms with Crippen molar-refractivity contribution in [2.45, 2.75) is 40.5 Å². The van der Waals surface area contributed by atoms with Crippen molar-refractivity contribution in [3.63, 3.8) is 0 Å². The number of nitrogens with two attached hydrogens (primary N) is 1. The van der Waals surface area contributed by atoms with E-state index in [2.05, 4.69) is 22.1 Å². The molecule has 1 atom stereocenters. The highest BCUT2D eigenvalue weighted by molar-refractivity contribution is 5.81. The normalized spacial score (nSPS) is 21.4. The summed E-state index contributed by atoms with van der Waals surface area (Å²) in [6.07, 6.45) is 2.45. The van der Waals surface area contributed by atoms with Gasteiger partial charge in [-0.3, -0.25) is 9.79 Å². The van der Waals surface area contributed by atoms with Crippen LogP contribution in [0.1, 0.15) is 40.5 Å². The third-order valence-corrected chi connectivity index (χ3v) is 3.33. The topological polar surface area (TPSA) is 70.7 Å². The molecule has 1 saturated heterocycles. The SMILES string of the molecule is CC1CCCN(C(N)=NCCNC(=O)C(C)(C)C)C1. The molecule has 0 aromatic heterocycles. The Hall–Kier alpha value is -1.26. The maximum atomic E-state index is 11.7. The van der Waals surface area contributed by atoms with Gasteiger partial charge in [0.15, 0.2) is 5.96 Å². The number of aliphatic imine (C=N–C) groups is 1. The predicted octanol–water partition coefficient (Wildman–Crippen LogP) is 1.20. The Labute approximate surface area is 116 Å². The lowest BCUT2D eigenvalue weighted by Crippen LogP contribution is -2.44. The Morgan fingerprint density at radius 1 is 1.47 bits per heavy atom. The summed E-state index contributed by atoms with van der Waals surface area (Å²) in [6, 6.07) is 0. The Morgan fingerprint density at radius 3 is 2.74 bits per heavy atom. The summed E-state index contributed by atoms with van der Waals surface area (Å²) in [6.45, 7) is 11.0. The molecule has 0 aromatic carbocycles. The maximum absolute atomic E-state index is 11.7. The molecule has 3 N–H and O–H groups in total. The number of hydrogen-bond donors (Lipinski definition) is 2. The molecule has 0 spiro atoms. The minimum atomic E-state index is -0.350. The van der Waals surface area contributed by atoms with E-state index in [0.717, 1.165) is 13.1 Å². The number of nitrogens with one attached hydrogen (secondary N) is 1. The lowest BCUT2D eigenvalue weighted by molar-refractivity contribution is -0.128. The van der Waals surface area contributed by atoms with Gasteiger partial charge in [0, 0.05) is 25.0 Å². The fourth-order valence-electron chi connectivity index (χ4n) is 2.10. The van der Waals surface area contributed by atoms with E-state index >= 15 is 0 Å². The summed E-state index contributed by atoms with van der Waals surface area (Å²) >= 11 is 0. The Morgan fingerprint density at radius 2 is 2.16 bits per heavy atom. The van der Waals surface area contributed by atoms with Crippen molar-refractivity contribution in [2.24, 2.45) is 22.1 Å². The van der Waals surface area contributed by atoms with Crippen LogP contribution in [0.5, 0.6) is 0 Å². The lowest BCUT2D eigenvalue weighted by Gasteiger charge is -2.31. The fraction of sp³-hybridized carbons (Fsp3) is 0.857. The molecule has 1 unspecified atom stereocenters. The van der Waals surface area contributed by atoms with Crippen LogP contribution in [-0.4, -0.2) is 42.9 Å². The van der Waals surface area contributed by atoms with Crippen molar-refractivity contribution < 1.29 is 4.79 Å².